The summed E-state index contributed by atoms with van der Waals surface area (Å²) < 4.78 is 2.81. The zero-order valence-electron chi connectivity index (χ0n) is 18.5. The molecule has 0 saturated heterocycles. The minimum absolute atomic E-state index is 0.477. The molecule has 0 aliphatic heterocycles. The summed E-state index contributed by atoms with van der Waals surface area (Å²) in [5.41, 5.74) is 11.1. The quantitative estimate of drug-likeness (QED) is 0.435. The largest absolute Gasteiger partial charge is 0.405 e. The van der Waals surface area contributed by atoms with Crippen LogP contribution in [0.1, 0.15) is 64.2 Å². The van der Waals surface area contributed by atoms with Crippen LogP contribution in [0.15, 0.2) is 54.3 Å². The third-order valence-corrected chi connectivity index (χ3v) is 6.41. The fourth-order valence-corrected chi connectivity index (χ4v) is 4.74. The Morgan fingerprint density at radius 3 is 2.36 bits per heavy atom. The standard InChI is InChI=1S/C24H29NS.C2H6/c1-15(2)18(12-13-25)7-10-20-17(5)6-9-21-22-14-19(16(3)4)8-11-23(22)26-24(20)21;1-2/h6-9,11-16H,10,25H2,1-5H3;1-2H3/b13-12-,18-7+;. The average molecular weight is 394 g/mol. The first-order valence-corrected chi connectivity index (χ1v) is 11.3. The molecule has 1 nitrogen and oxygen atoms in total. The molecule has 2 aromatic carbocycles. The van der Waals surface area contributed by atoms with Crippen LogP contribution in [0.3, 0.4) is 0 Å². The molecular weight excluding hydrogens is 358 g/mol. The number of fused-ring (bicyclic) bond motifs is 3. The number of aryl methyl sites for hydroxylation is 1. The van der Waals surface area contributed by atoms with Gasteiger partial charge in [-0.05, 0) is 71.9 Å². The first-order valence-electron chi connectivity index (χ1n) is 10.4. The van der Waals surface area contributed by atoms with Gasteiger partial charge in [0.25, 0.3) is 0 Å². The molecule has 0 aliphatic rings. The molecule has 0 amide bonds. The van der Waals surface area contributed by atoms with Gasteiger partial charge >= 0.3 is 0 Å². The molecule has 0 bridgehead atoms. The second-order valence-electron chi connectivity index (χ2n) is 7.67. The predicted molar refractivity (Wildman–Crippen MR) is 129 cm³/mol. The topological polar surface area (TPSA) is 26.0 Å². The van der Waals surface area contributed by atoms with Crippen LogP contribution in [-0.2, 0) is 6.42 Å². The lowest BCUT2D eigenvalue weighted by atomic mass is 9.96. The summed E-state index contributed by atoms with van der Waals surface area (Å²) in [4.78, 5) is 0. The zero-order chi connectivity index (χ0) is 20.8. The molecule has 1 aromatic heterocycles. The second-order valence-corrected chi connectivity index (χ2v) is 8.72. The number of allylic oxidation sites excluding steroid dienone is 3. The molecule has 3 aromatic rings. The van der Waals surface area contributed by atoms with Crippen molar-refractivity contribution >= 4 is 31.5 Å². The highest BCUT2D eigenvalue weighted by molar-refractivity contribution is 7.26. The van der Waals surface area contributed by atoms with Gasteiger partial charge in [-0.25, -0.2) is 0 Å². The van der Waals surface area contributed by atoms with Crippen LogP contribution >= 0.6 is 11.3 Å². The molecule has 0 fully saturated rings. The first kappa shape index (κ1) is 22.2. The molecule has 0 unspecified atom stereocenters. The van der Waals surface area contributed by atoms with Gasteiger partial charge in [-0.2, -0.15) is 0 Å². The van der Waals surface area contributed by atoms with Crippen LogP contribution < -0.4 is 5.73 Å². The molecule has 3 rings (SSSR count). The van der Waals surface area contributed by atoms with E-state index in [-0.39, 0.29) is 0 Å². The molecule has 2 N–H and O–H groups in total. The van der Waals surface area contributed by atoms with Crippen LogP contribution in [0.5, 0.6) is 0 Å². The van der Waals surface area contributed by atoms with Crippen LogP contribution in [0.4, 0.5) is 0 Å². The van der Waals surface area contributed by atoms with E-state index in [0.29, 0.717) is 11.8 Å². The first-order chi connectivity index (χ1) is 13.4. The number of hydrogen-bond acceptors (Lipinski definition) is 2. The molecule has 0 radical (unpaired) electrons. The highest BCUT2D eigenvalue weighted by Gasteiger charge is 2.12. The highest BCUT2D eigenvalue weighted by atomic mass is 32.1. The average Bonchev–Trinajstić information content (AvgIpc) is 3.05. The maximum atomic E-state index is 5.63. The predicted octanol–water partition coefficient (Wildman–Crippen LogP) is 8.11. The molecule has 1 heterocycles. The smallest absolute Gasteiger partial charge is 0.0393 e. The van der Waals surface area contributed by atoms with Gasteiger partial charge in [-0.15, -0.1) is 11.3 Å². The van der Waals surface area contributed by atoms with Gasteiger partial charge in [-0.1, -0.05) is 65.8 Å². The minimum Gasteiger partial charge on any atom is -0.405 e. The van der Waals surface area contributed by atoms with Gasteiger partial charge in [0.1, 0.15) is 0 Å². The van der Waals surface area contributed by atoms with Crippen molar-refractivity contribution in [2.45, 2.75) is 60.8 Å². The SMILES string of the molecule is CC.Cc1ccc2c(sc3ccc(C(C)C)cc32)c1C/C=C(\C=C/N)C(C)C. The van der Waals surface area contributed by atoms with Crippen LogP contribution in [-0.4, -0.2) is 0 Å². The fourth-order valence-electron chi connectivity index (χ4n) is 3.45. The Hall–Kier alpha value is -2.06. The lowest BCUT2D eigenvalue weighted by molar-refractivity contribution is 0.786. The number of rotatable bonds is 5. The van der Waals surface area contributed by atoms with Gasteiger partial charge in [-0.3, -0.25) is 0 Å². The maximum Gasteiger partial charge on any atom is 0.0393 e. The second kappa shape index (κ2) is 9.93. The number of benzene rings is 2. The van der Waals surface area contributed by atoms with Gasteiger partial charge in [0.2, 0.25) is 0 Å². The van der Waals surface area contributed by atoms with Crippen molar-refractivity contribution in [1.29, 1.82) is 0 Å². The summed E-state index contributed by atoms with van der Waals surface area (Å²) in [6.45, 7) is 15.2. The summed E-state index contributed by atoms with van der Waals surface area (Å²) in [5, 5.41) is 2.79. The molecule has 0 spiro atoms. The van der Waals surface area contributed by atoms with Crippen molar-refractivity contribution in [2.75, 3.05) is 0 Å². The fraction of sp³-hybridized carbons (Fsp3) is 0.385. The summed E-state index contributed by atoms with van der Waals surface area (Å²) in [6.07, 6.45) is 6.96. The van der Waals surface area contributed by atoms with E-state index in [1.807, 2.05) is 31.3 Å². The van der Waals surface area contributed by atoms with Crippen molar-refractivity contribution < 1.29 is 0 Å². The Morgan fingerprint density at radius 2 is 1.75 bits per heavy atom. The summed E-state index contributed by atoms with van der Waals surface area (Å²) in [7, 11) is 0. The number of thiophene rings is 1. The van der Waals surface area contributed by atoms with E-state index in [9.17, 15) is 0 Å². The van der Waals surface area contributed by atoms with E-state index in [4.69, 9.17) is 5.73 Å². The normalized spacial score (nSPS) is 12.4. The van der Waals surface area contributed by atoms with Crippen LogP contribution in [0.25, 0.3) is 20.2 Å². The lowest BCUT2D eigenvalue weighted by Crippen LogP contribution is -1.95. The van der Waals surface area contributed by atoms with E-state index >= 15 is 0 Å². The van der Waals surface area contributed by atoms with Gasteiger partial charge in [0.05, 0.1) is 0 Å². The van der Waals surface area contributed by atoms with E-state index in [2.05, 4.69) is 71.0 Å². The Labute approximate surface area is 175 Å². The van der Waals surface area contributed by atoms with Crippen molar-refractivity contribution in [3.8, 4) is 0 Å². The van der Waals surface area contributed by atoms with Crippen molar-refractivity contribution in [1.82, 2.24) is 0 Å². The Morgan fingerprint density at radius 1 is 1.04 bits per heavy atom. The molecule has 150 valence electrons. The van der Waals surface area contributed by atoms with Crippen molar-refractivity contribution in [3.63, 3.8) is 0 Å². The van der Waals surface area contributed by atoms with Gasteiger partial charge in [0.15, 0.2) is 0 Å². The zero-order valence-corrected chi connectivity index (χ0v) is 19.3. The third kappa shape index (κ3) is 4.67. The Balaban J connectivity index is 0.00000136. The van der Waals surface area contributed by atoms with E-state index in [0.717, 1.165) is 6.42 Å². The highest BCUT2D eigenvalue weighted by Crippen LogP contribution is 2.38. The number of hydrogen-bond donors (Lipinski definition) is 1. The molecule has 28 heavy (non-hydrogen) atoms. The Kier molecular flexibility index (Phi) is 7.88. The molecule has 2 heteroatoms. The molecule has 0 aliphatic carbocycles. The molecule has 0 saturated carbocycles. The van der Waals surface area contributed by atoms with E-state index in [1.54, 1.807) is 6.20 Å². The summed E-state index contributed by atoms with van der Waals surface area (Å²) in [6, 6.07) is 11.5. The third-order valence-electron chi connectivity index (χ3n) is 5.16. The van der Waals surface area contributed by atoms with Gasteiger partial charge < -0.3 is 5.73 Å². The van der Waals surface area contributed by atoms with Gasteiger partial charge in [0, 0.05) is 20.2 Å². The maximum absolute atomic E-state index is 5.63. The molecule has 0 atom stereocenters. The number of nitrogens with two attached hydrogens (primary N) is 1. The monoisotopic (exact) mass is 393 g/mol. The van der Waals surface area contributed by atoms with Crippen LogP contribution in [0.2, 0.25) is 0 Å². The Bertz CT molecular complexity index is 986. The van der Waals surface area contributed by atoms with Crippen molar-refractivity contribution in [2.24, 2.45) is 11.7 Å². The van der Waals surface area contributed by atoms with Crippen molar-refractivity contribution in [3.05, 3.63) is 70.9 Å². The minimum atomic E-state index is 0.477. The van der Waals surface area contributed by atoms with Crippen LogP contribution in [0, 0.1) is 12.8 Å². The summed E-state index contributed by atoms with van der Waals surface area (Å²) >= 11 is 1.92. The lowest BCUT2D eigenvalue weighted by Gasteiger charge is -2.09. The summed E-state index contributed by atoms with van der Waals surface area (Å²) in [5.74, 6) is 1.03. The molecular formula is C26H35NS. The van der Waals surface area contributed by atoms with E-state index < -0.39 is 0 Å². The van der Waals surface area contributed by atoms with E-state index in [1.165, 1.54) is 42.4 Å².